The van der Waals surface area contributed by atoms with E-state index in [-0.39, 0.29) is 5.82 Å². The van der Waals surface area contributed by atoms with Crippen LogP contribution in [0.1, 0.15) is 6.92 Å². The van der Waals surface area contributed by atoms with Gasteiger partial charge >= 0.3 is 0 Å². The first-order valence-corrected chi connectivity index (χ1v) is 9.33. The van der Waals surface area contributed by atoms with Gasteiger partial charge in [0.2, 0.25) is 0 Å². The van der Waals surface area contributed by atoms with Crippen molar-refractivity contribution in [1.82, 2.24) is 4.98 Å². The molecule has 0 radical (unpaired) electrons. The lowest BCUT2D eigenvalue weighted by Crippen LogP contribution is -2.46. The van der Waals surface area contributed by atoms with Crippen molar-refractivity contribution in [3.05, 3.63) is 48.3 Å². The molecular weight excluding hydrogens is 337 g/mol. The van der Waals surface area contributed by atoms with Crippen molar-refractivity contribution in [3.63, 3.8) is 0 Å². The highest BCUT2D eigenvalue weighted by molar-refractivity contribution is 7.22. The molecule has 0 aliphatic carbocycles. The lowest BCUT2D eigenvalue weighted by atomic mass is 10.2. The lowest BCUT2D eigenvalue weighted by Gasteiger charge is -2.35. The third kappa shape index (κ3) is 3.39. The highest BCUT2D eigenvalue weighted by Crippen LogP contribution is 2.32. The molecule has 4 rings (SSSR count). The van der Waals surface area contributed by atoms with Gasteiger partial charge in [0.25, 0.3) is 0 Å². The summed E-state index contributed by atoms with van der Waals surface area (Å²) in [6, 6.07) is 12.8. The monoisotopic (exact) mass is 357 g/mol. The van der Waals surface area contributed by atoms with Gasteiger partial charge in [-0.1, -0.05) is 11.3 Å². The van der Waals surface area contributed by atoms with E-state index in [4.69, 9.17) is 9.72 Å². The smallest absolute Gasteiger partial charge is 0.186 e. The molecule has 0 saturated carbocycles. The molecule has 0 spiro atoms. The fourth-order valence-corrected chi connectivity index (χ4v) is 4.14. The maximum Gasteiger partial charge on any atom is 0.186 e. The molecule has 2 aromatic carbocycles. The van der Waals surface area contributed by atoms with Gasteiger partial charge in [-0.15, -0.1) is 0 Å². The van der Waals surface area contributed by atoms with Gasteiger partial charge in [-0.25, -0.2) is 9.37 Å². The van der Waals surface area contributed by atoms with Gasteiger partial charge in [0.05, 0.1) is 16.8 Å². The topological polar surface area (TPSA) is 28.6 Å². The third-order valence-corrected chi connectivity index (χ3v) is 5.48. The van der Waals surface area contributed by atoms with Crippen molar-refractivity contribution >= 4 is 32.4 Å². The Morgan fingerprint density at radius 1 is 1.04 bits per heavy atom. The SMILES string of the molecule is CCOc1ccc2nc(N3CCN(c4ccc(F)cc4)CC3)sc2c1. The Morgan fingerprint density at radius 2 is 1.76 bits per heavy atom. The van der Waals surface area contributed by atoms with Crippen LogP contribution in [0, 0.1) is 5.82 Å². The van der Waals surface area contributed by atoms with Crippen molar-refractivity contribution in [2.24, 2.45) is 0 Å². The number of hydrogen-bond donors (Lipinski definition) is 0. The number of thiazole rings is 1. The summed E-state index contributed by atoms with van der Waals surface area (Å²) in [6.07, 6.45) is 0. The molecule has 0 N–H and O–H groups in total. The van der Waals surface area contributed by atoms with Crippen LogP contribution in [0.2, 0.25) is 0 Å². The summed E-state index contributed by atoms with van der Waals surface area (Å²) in [5.74, 6) is 0.703. The number of ether oxygens (including phenoxy) is 1. The zero-order chi connectivity index (χ0) is 17.2. The molecule has 0 amide bonds. The van der Waals surface area contributed by atoms with Crippen LogP contribution in [-0.2, 0) is 0 Å². The predicted octanol–water partition coefficient (Wildman–Crippen LogP) is 4.16. The van der Waals surface area contributed by atoms with E-state index in [0.29, 0.717) is 6.61 Å². The average Bonchev–Trinajstić information content (AvgIpc) is 3.06. The summed E-state index contributed by atoms with van der Waals surface area (Å²) < 4.78 is 19.8. The van der Waals surface area contributed by atoms with Gasteiger partial charge in [-0.2, -0.15) is 0 Å². The Labute approximate surface area is 150 Å². The highest BCUT2D eigenvalue weighted by atomic mass is 32.1. The maximum absolute atomic E-state index is 13.1. The maximum atomic E-state index is 13.1. The first kappa shape index (κ1) is 16.1. The van der Waals surface area contributed by atoms with Gasteiger partial charge < -0.3 is 14.5 Å². The summed E-state index contributed by atoms with van der Waals surface area (Å²) in [6.45, 7) is 6.30. The molecule has 6 heteroatoms. The lowest BCUT2D eigenvalue weighted by molar-refractivity contribution is 0.341. The fraction of sp³-hybridized carbons (Fsp3) is 0.316. The molecule has 1 aromatic heterocycles. The standard InChI is InChI=1S/C19H20FN3OS/c1-2-24-16-7-8-17-18(13-16)25-19(21-17)23-11-9-22(10-12-23)15-5-3-14(20)4-6-15/h3-8,13H,2,9-12H2,1H3. The van der Waals surface area contributed by atoms with Gasteiger partial charge in [0, 0.05) is 31.9 Å². The third-order valence-electron chi connectivity index (χ3n) is 4.40. The van der Waals surface area contributed by atoms with E-state index in [1.54, 1.807) is 11.3 Å². The molecular formula is C19H20FN3OS. The van der Waals surface area contributed by atoms with Gasteiger partial charge in [0.1, 0.15) is 11.6 Å². The van der Waals surface area contributed by atoms with E-state index in [2.05, 4.69) is 15.9 Å². The molecule has 25 heavy (non-hydrogen) atoms. The van der Waals surface area contributed by atoms with Crippen LogP contribution in [0.3, 0.4) is 0 Å². The van der Waals surface area contributed by atoms with Gasteiger partial charge in [-0.05, 0) is 49.4 Å². The minimum absolute atomic E-state index is 0.191. The molecule has 0 bridgehead atoms. The van der Waals surface area contributed by atoms with Crippen LogP contribution in [0.15, 0.2) is 42.5 Å². The molecule has 1 aliphatic rings. The summed E-state index contributed by atoms with van der Waals surface area (Å²) in [4.78, 5) is 9.38. The Balaban J connectivity index is 1.46. The number of piperazine rings is 1. The fourth-order valence-electron chi connectivity index (χ4n) is 3.09. The molecule has 0 atom stereocenters. The van der Waals surface area contributed by atoms with Crippen LogP contribution in [0.25, 0.3) is 10.2 Å². The molecule has 3 aromatic rings. The van der Waals surface area contributed by atoms with Crippen molar-refractivity contribution in [3.8, 4) is 5.75 Å². The number of hydrogen-bond acceptors (Lipinski definition) is 5. The Kier molecular flexibility index (Phi) is 4.44. The molecule has 4 nitrogen and oxygen atoms in total. The van der Waals surface area contributed by atoms with Crippen LogP contribution in [-0.4, -0.2) is 37.8 Å². The molecule has 1 fully saturated rings. The molecule has 1 saturated heterocycles. The van der Waals surface area contributed by atoms with E-state index in [0.717, 1.165) is 53.0 Å². The van der Waals surface area contributed by atoms with E-state index < -0.39 is 0 Å². The highest BCUT2D eigenvalue weighted by Gasteiger charge is 2.20. The largest absolute Gasteiger partial charge is 0.494 e. The van der Waals surface area contributed by atoms with Crippen molar-refractivity contribution in [2.45, 2.75) is 6.92 Å². The number of benzene rings is 2. The second-order valence-electron chi connectivity index (χ2n) is 6.01. The Hall–Kier alpha value is -2.34. The summed E-state index contributed by atoms with van der Waals surface area (Å²) in [5, 5.41) is 1.06. The van der Waals surface area contributed by atoms with E-state index in [1.165, 1.54) is 12.1 Å². The minimum atomic E-state index is -0.191. The van der Waals surface area contributed by atoms with E-state index >= 15 is 0 Å². The predicted molar refractivity (Wildman–Crippen MR) is 102 cm³/mol. The second-order valence-corrected chi connectivity index (χ2v) is 7.02. The van der Waals surface area contributed by atoms with Crippen LogP contribution in [0.5, 0.6) is 5.75 Å². The number of rotatable bonds is 4. The van der Waals surface area contributed by atoms with Gasteiger partial charge in [0.15, 0.2) is 5.13 Å². The average molecular weight is 357 g/mol. The number of fused-ring (bicyclic) bond motifs is 1. The number of nitrogens with zero attached hydrogens (tertiary/aromatic N) is 3. The number of halogens is 1. The zero-order valence-corrected chi connectivity index (χ0v) is 14.9. The van der Waals surface area contributed by atoms with Crippen LogP contribution in [0.4, 0.5) is 15.2 Å². The Bertz CT molecular complexity index is 857. The van der Waals surface area contributed by atoms with Crippen molar-refractivity contribution in [1.29, 1.82) is 0 Å². The van der Waals surface area contributed by atoms with Crippen molar-refractivity contribution < 1.29 is 9.13 Å². The zero-order valence-electron chi connectivity index (χ0n) is 14.1. The first-order chi connectivity index (χ1) is 12.2. The molecule has 2 heterocycles. The Morgan fingerprint density at radius 3 is 2.48 bits per heavy atom. The first-order valence-electron chi connectivity index (χ1n) is 8.52. The molecule has 1 aliphatic heterocycles. The van der Waals surface area contributed by atoms with E-state index in [1.807, 2.05) is 31.2 Å². The quantitative estimate of drug-likeness (QED) is 0.701. The van der Waals surface area contributed by atoms with Crippen LogP contribution < -0.4 is 14.5 Å². The van der Waals surface area contributed by atoms with E-state index in [9.17, 15) is 4.39 Å². The number of aromatic nitrogens is 1. The second kappa shape index (κ2) is 6.88. The summed E-state index contributed by atoms with van der Waals surface area (Å²) >= 11 is 1.71. The molecule has 130 valence electrons. The molecule has 0 unspecified atom stereocenters. The minimum Gasteiger partial charge on any atom is -0.494 e. The summed E-state index contributed by atoms with van der Waals surface area (Å²) in [7, 11) is 0. The van der Waals surface area contributed by atoms with Crippen LogP contribution >= 0.6 is 11.3 Å². The summed E-state index contributed by atoms with van der Waals surface area (Å²) in [5.41, 5.74) is 2.09. The van der Waals surface area contributed by atoms with Crippen molar-refractivity contribution in [2.75, 3.05) is 42.6 Å². The number of anilines is 2. The van der Waals surface area contributed by atoms with Gasteiger partial charge in [-0.3, -0.25) is 0 Å². The normalized spacial score (nSPS) is 15.0.